The number of hydrogen-bond donors (Lipinski definition) is 0. The summed E-state index contributed by atoms with van der Waals surface area (Å²) in [5.41, 5.74) is 0. The number of carbonyl (C=O) groups is 3. The summed E-state index contributed by atoms with van der Waals surface area (Å²) in [6, 6.07) is 0. The highest BCUT2D eigenvalue weighted by molar-refractivity contribution is 5.71. The molecule has 0 saturated heterocycles. The summed E-state index contributed by atoms with van der Waals surface area (Å²) < 4.78 is 16.9. The first-order valence-electron chi connectivity index (χ1n) is 31.8. The topological polar surface area (TPSA) is 78.9 Å². The zero-order chi connectivity index (χ0) is 51.4. The molecule has 0 heterocycles. The lowest BCUT2D eigenvalue weighted by Gasteiger charge is -2.18. The molecule has 1 atom stereocenters. The summed E-state index contributed by atoms with van der Waals surface area (Å²) in [7, 11) is 0. The van der Waals surface area contributed by atoms with E-state index in [4.69, 9.17) is 14.2 Å². The van der Waals surface area contributed by atoms with Crippen LogP contribution in [0.3, 0.4) is 0 Å². The van der Waals surface area contributed by atoms with Crippen molar-refractivity contribution in [1.82, 2.24) is 0 Å². The molecule has 6 nitrogen and oxygen atoms in total. The van der Waals surface area contributed by atoms with Gasteiger partial charge in [-0.1, -0.05) is 308 Å². The van der Waals surface area contributed by atoms with Crippen LogP contribution < -0.4 is 0 Å². The Bertz CT molecular complexity index is 1150. The van der Waals surface area contributed by atoms with Gasteiger partial charge in [0, 0.05) is 19.3 Å². The predicted molar refractivity (Wildman–Crippen MR) is 307 cm³/mol. The lowest BCUT2D eigenvalue weighted by Crippen LogP contribution is -2.30. The molecule has 0 aliphatic carbocycles. The Hall–Kier alpha value is -2.11. The Labute approximate surface area is 443 Å². The normalized spacial score (nSPS) is 12.1. The minimum Gasteiger partial charge on any atom is -0.462 e. The zero-order valence-electron chi connectivity index (χ0n) is 48.0. The molecule has 0 fully saturated rings. The summed E-state index contributed by atoms with van der Waals surface area (Å²) in [5, 5.41) is 0. The van der Waals surface area contributed by atoms with E-state index in [-0.39, 0.29) is 31.1 Å². The van der Waals surface area contributed by atoms with Crippen LogP contribution >= 0.6 is 0 Å². The second-order valence-electron chi connectivity index (χ2n) is 21.7. The van der Waals surface area contributed by atoms with E-state index in [1.807, 2.05) is 0 Å². The van der Waals surface area contributed by atoms with Crippen molar-refractivity contribution in [3.8, 4) is 0 Å². The van der Waals surface area contributed by atoms with Crippen molar-refractivity contribution in [3.05, 3.63) is 24.3 Å². The third-order valence-corrected chi connectivity index (χ3v) is 14.5. The van der Waals surface area contributed by atoms with Gasteiger partial charge in [-0.2, -0.15) is 0 Å². The zero-order valence-corrected chi connectivity index (χ0v) is 48.0. The van der Waals surface area contributed by atoms with E-state index in [2.05, 4.69) is 45.1 Å². The van der Waals surface area contributed by atoms with Gasteiger partial charge in [0.1, 0.15) is 13.2 Å². The van der Waals surface area contributed by atoms with E-state index in [9.17, 15) is 14.4 Å². The molecular formula is C65H122O6. The molecule has 418 valence electrons. The molecule has 0 radical (unpaired) electrons. The Morgan fingerprint density at radius 1 is 0.282 bits per heavy atom. The summed E-state index contributed by atoms with van der Waals surface area (Å²) in [5.74, 6) is -0.855. The molecule has 0 aromatic heterocycles. The van der Waals surface area contributed by atoms with E-state index in [1.54, 1.807) is 0 Å². The van der Waals surface area contributed by atoms with Gasteiger partial charge in [0.25, 0.3) is 0 Å². The second kappa shape index (κ2) is 60.4. The molecule has 0 aliphatic heterocycles. The molecule has 0 aliphatic rings. The largest absolute Gasteiger partial charge is 0.462 e. The lowest BCUT2D eigenvalue weighted by molar-refractivity contribution is -0.167. The number of allylic oxidation sites excluding steroid dienone is 4. The maximum atomic E-state index is 12.9. The molecule has 0 saturated carbocycles. The average Bonchev–Trinajstić information content (AvgIpc) is 3.37. The molecule has 1 unspecified atom stereocenters. The van der Waals surface area contributed by atoms with Crippen molar-refractivity contribution in [3.63, 3.8) is 0 Å². The van der Waals surface area contributed by atoms with Gasteiger partial charge in [-0.3, -0.25) is 14.4 Å². The fourth-order valence-electron chi connectivity index (χ4n) is 9.65. The standard InChI is InChI=1S/C65H122O6/c1-4-7-10-13-16-19-22-25-28-31-33-35-37-40-43-46-49-52-55-58-64(67)70-61-62(60-69-63(66)57-54-51-48-45-42-39-36-30-27-24-21-18-15-12-9-6-3)71-65(68)59-56-53-50-47-44-41-38-34-32-29-26-23-20-17-14-11-8-5-2/h21,24,30,36,62H,4-20,22-23,25-29,31-35,37-61H2,1-3H3/b24-21-,36-30-. The summed E-state index contributed by atoms with van der Waals surface area (Å²) in [6.45, 7) is 6.68. The molecular weight excluding hydrogens is 877 g/mol. The molecule has 0 N–H and O–H groups in total. The average molecular weight is 1000 g/mol. The first-order valence-corrected chi connectivity index (χ1v) is 31.8. The third-order valence-electron chi connectivity index (χ3n) is 14.5. The van der Waals surface area contributed by atoms with Crippen molar-refractivity contribution < 1.29 is 28.6 Å². The van der Waals surface area contributed by atoms with Gasteiger partial charge in [0.2, 0.25) is 0 Å². The molecule has 71 heavy (non-hydrogen) atoms. The molecule has 0 bridgehead atoms. The van der Waals surface area contributed by atoms with Crippen LogP contribution in [0.1, 0.15) is 355 Å². The van der Waals surface area contributed by atoms with Gasteiger partial charge >= 0.3 is 17.9 Å². The highest BCUT2D eigenvalue weighted by Gasteiger charge is 2.19. The molecule has 0 aromatic rings. The van der Waals surface area contributed by atoms with Crippen LogP contribution in [0.5, 0.6) is 0 Å². The number of ether oxygens (including phenoxy) is 3. The Kier molecular flexibility index (Phi) is 58.6. The number of hydrogen-bond acceptors (Lipinski definition) is 6. The van der Waals surface area contributed by atoms with Crippen LogP contribution in [0, 0.1) is 0 Å². The van der Waals surface area contributed by atoms with Gasteiger partial charge in [-0.15, -0.1) is 0 Å². The fourth-order valence-corrected chi connectivity index (χ4v) is 9.65. The van der Waals surface area contributed by atoms with E-state index in [0.29, 0.717) is 19.3 Å². The van der Waals surface area contributed by atoms with Crippen molar-refractivity contribution in [1.29, 1.82) is 0 Å². The summed E-state index contributed by atoms with van der Waals surface area (Å²) in [4.78, 5) is 38.3. The molecule has 0 amide bonds. The summed E-state index contributed by atoms with van der Waals surface area (Å²) >= 11 is 0. The second-order valence-corrected chi connectivity index (χ2v) is 21.7. The van der Waals surface area contributed by atoms with Gasteiger partial charge in [0.15, 0.2) is 6.10 Å². The maximum absolute atomic E-state index is 12.9. The van der Waals surface area contributed by atoms with E-state index in [1.165, 1.54) is 238 Å². The van der Waals surface area contributed by atoms with Gasteiger partial charge < -0.3 is 14.2 Å². The van der Waals surface area contributed by atoms with Crippen LogP contribution in [-0.4, -0.2) is 37.2 Å². The minimum absolute atomic E-state index is 0.0696. The molecule has 6 heteroatoms. The number of carbonyl (C=O) groups excluding carboxylic acids is 3. The summed E-state index contributed by atoms with van der Waals surface area (Å²) in [6.07, 6.45) is 71.8. The molecule has 0 rings (SSSR count). The molecule has 0 spiro atoms. The van der Waals surface area contributed by atoms with Gasteiger partial charge in [-0.25, -0.2) is 0 Å². The maximum Gasteiger partial charge on any atom is 0.306 e. The van der Waals surface area contributed by atoms with Crippen molar-refractivity contribution in [2.75, 3.05) is 13.2 Å². The van der Waals surface area contributed by atoms with Crippen LogP contribution in [0.25, 0.3) is 0 Å². The highest BCUT2D eigenvalue weighted by atomic mass is 16.6. The minimum atomic E-state index is -0.773. The van der Waals surface area contributed by atoms with E-state index < -0.39 is 6.10 Å². The Morgan fingerprint density at radius 3 is 0.789 bits per heavy atom. The monoisotopic (exact) mass is 999 g/mol. The van der Waals surface area contributed by atoms with Crippen molar-refractivity contribution >= 4 is 17.9 Å². The van der Waals surface area contributed by atoms with Crippen LogP contribution in [0.4, 0.5) is 0 Å². The van der Waals surface area contributed by atoms with Crippen molar-refractivity contribution in [2.45, 2.75) is 361 Å². The molecule has 0 aromatic carbocycles. The van der Waals surface area contributed by atoms with Crippen LogP contribution in [0.2, 0.25) is 0 Å². The van der Waals surface area contributed by atoms with E-state index >= 15 is 0 Å². The number of rotatable bonds is 59. The van der Waals surface area contributed by atoms with E-state index in [0.717, 1.165) is 77.0 Å². The SMILES string of the molecule is CCCCCC/C=C\C/C=C\CCCCCCCC(=O)OCC(COC(=O)CCCCCCCCCCCCCCCCCCCCC)OC(=O)CCCCCCCCCCCCCCCCCCCC. The quantitative estimate of drug-likeness (QED) is 0.0261. The number of esters is 3. The predicted octanol–water partition coefficient (Wildman–Crippen LogP) is 21.4. The highest BCUT2D eigenvalue weighted by Crippen LogP contribution is 2.18. The van der Waals surface area contributed by atoms with Gasteiger partial charge in [0.05, 0.1) is 0 Å². The smallest absolute Gasteiger partial charge is 0.306 e. The first-order chi connectivity index (χ1) is 35.0. The first kappa shape index (κ1) is 68.9. The Morgan fingerprint density at radius 2 is 0.507 bits per heavy atom. The van der Waals surface area contributed by atoms with Crippen LogP contribution in [-0.2, 0) is 28.6 Å². The van der Waals surface area contributed by atoms with Crippen LogP contribution in [0.15, 0.2) is 24.3 Å². The fraction of sp³-hybridized carbons (Fsp3) is 0.892. The van der Waals surface area contributed by atoms with Crippen molar-refractivity contribution in [2.24, 2.45) is 0 Å². The lowest BCUT2D eigenvalue weighted by atomic mass is 10.0. The third kappa shape index (κ3) is 58.7. The van der Waals surface area contributed by atoms with Gasteiger partial charge in [-0.05, 0) is 51.4 Å². The Balaban J connectivity index is 4.32. The number of unbranched alkanes of at least 4 members (excludes halogenated alkanes) is 44.